The summed E-state index contributed by atoms with van der Waals surface area (Å²) in [6.45, 7) is 6.54. The van der Waals surface area contributed by atoms with Gasteiger partial charge in [0.1, 0.15) is 0 Å². The number of benzene rings is 1. The van der Waals surface area contributed by atoms with Gasteiger partial charge in [0, 0.05) is 43.4 Å². The highest BCUT2D eigenvalue weighted by Gasteiger charge is 2.26. The van der Waals surface area contributed by atoms with Gasteiger partial charge in [0.15, 0.2) is 0 Å². The summed E-state index contributed by atoms with van der Waals surface area (Å²) in [7, 11) is 0. The number of hydrogen-bond acceptors (Lipinski definition) is 3. The molecule has 4 heteroatoms. The Balaban J connectivity index is 1.65. The number of hydrogen-bond donors (Lipinski definition) is 1. The zero-order valence-electron chi connectivity index (χ0n) is 12.0. The van der Waals surface area contributed by atoms with Crippen LogP contribution in [0.25, 0.3) is 0 Å². The number of nitrogens with zero attached hydrogens (tertiary/aromatic N) is 2. The highest BCUT2D eigenvalue weighted by molar-refractivity contribution is 6.30. The minimum atomic E-state index is 0.691. The number of piperazine rings is 1. The second-order valence-corrected chi connectivity index (χ2v) is 6.48. The molecule has 0 bridgehead atoms. The minimum absolute atomic E-state index is 0.691. The Morgan fingerprint density at radius 3 is 2.55 bits per heavy atom. The molecule has 20 heavy (non-hydrogen) atoms. The van der Waals surface area contributed by atoms with Crippen molar-refractivity contribution < 1.29 is 0 Å². The standard InChI is InChI=1S/C16H24ClN3/c17-15-4-3-14(5-6-18)16(11-15)20-9-7-19(8-10-20)12-13-1-2-13/h3-4,11,13H,1-2,5-10,12,18H2. The SMILES string of the molecule is NCCc1ccc(Cl)cc1N1CCN(CC2CC2)CC1. The van der Waals surface area contributed by atoms with E-state index in [-0.39, 0.29) is 0 Å². The van der Waals surface area contributed by atoms with Crippen LogP contribution in [-0.4, -0.2) is 44.2 Å². The lowest BCUT2D eigenvalue weighted by Crippen LogP contribution is -2.47. The lowest BCUT2D eigenvalue weighted by Gasteiger charge is -2.37. The van der Waals surface area contributed by atoms with E-state index in [1.165, 1.54) is 43.7 Å². The smallest absolute Gasteiger partial charge is 0.0426 e. The fourth-order valence-electron chi connectivity index (χ4n) is 3.04. The van der Waals surface area contributed by atoms with E-state index in [1.807, 2.05) is 6.07 Å². The zero-order valence-corrected chi connectivity index (χ0v) is 12.8. The van der Waals surface area contributed by atoms with Crippen molar-refractivity contribution in [2.45, 2.75) is 19.3 Å². The van der Waals surface area contributed by atoms with Gasteiger partial charge in [-0.05, 0) is 49.4 Å². The molecule has 0 unspecified atom stereocenters. The van der Waals surface area contributed by atoms with E-state index < -0.39 is 0 Å². The summed E-state index contributed by atoms with van der Waals surface area (Å²) >= 11 is 6.17. The predicted molar refractivity (Wildman–Crippen MR) is 85.6 cm³/mol. The van der Waals surface area contributed by atoms with Crippen LogP contribution < -0.4 is 10.6 Å². The van der Waals surface area contributed by atoms with E-state index in [0.29, 0.717) is 6.54 Å². The van der Waals surface area contributed by atoms with Crippen molar-refractivity contribution in [2.75, 3.05) is 44.2 Å². The molecule has 2 fully saturated rings. The van der Waals surface area contributed by atoms with Gasteiger partial charge in [-0.2, -0.15) is 0 Å². The highest BCUT2D eigenvalue weighted by atomic mass is 35.5. The average Bonchev–Trinajstić information content (AvgIpc) is 3.26. The van der Waals surface area contributed by atoms with Crippen molar-refractivity contribution in [1.29, 1.82) is 0 Å². The van der Waals surface area contributed by atoms with Crippen LogP contribution in [0, 0.1) is 5.92 Å². The van der Waals surface area contributed by atoms with Crippen LogP contribution in [0.2, 0.25) is 5.02 Å². The summed E-state index contributed by atoms with van der Waals surface area (Å²) < 4.78 is 0. The molecule has 1 aromatic rings. The molecule has 0 atom stereocenters. The largest absolute Gasteiger partial charge is 0.369 e. The number of anilines is 1. The van der Waals surface area contributed by atoms with E-state index in [4.69, 9.17) is 17.3 Å². The van der Waals surface area contributed by atoms with Gasteiger partial charge in [-0.15, -0.1) is 0 Å². The Labute approximate surface area is 126 Å². The fraction of sp³-hybridized carbons (Fsp3) is 0.625. The molecule has 2 aliphatic rings. The molecule has 1 saturated carbocycles. The zero-order chi connectivity index (χ0) is 13.9. The van der Waals surface area contributed by atoms with Crippen molar-refractivity contribution in [3.8, 4) is 0 Å². The molecule has 3 nitrogen and oxygen atoms in total. The van der Waals surface area contributed by atoms with Gasteiger partial charge in [0.2, 0.25) is 0 Å². The lowest BCUT2D eigenvalue weighted by molar-refractivity contribution is 0.248. The van der Waals surface area contributed by atoms with Gasteiger partial charge in [0.05, 0.1) is 0 Å². The molecule has 110 valence electrons. The monoisotopic (exact) mass is 293 g/mol. The number of nitrogens with two attached hydrogens (primary N) is 1. The van der Waals surface area contributed by atoms with Crippen LogP contribution >= 0.6 is 11.6 Å². The Hall–Kier alpha value is -0.770. The Bertz CT molecular complexity index is 451. The highest BCUT2D eigenvalue weighted by Crippen LogP contribution is 2.31. The van der Waals surface area contributed by atoms with Crippen LogP contribution in [-0.2, 0) is 6.42 Å². The summed E-state index contributed by atoms with van der Waals surface area (Å²) in [6.07, 6.45) is 3.80. The van der Waals surface area contributed by atoms with Crippen LogP contribution in [0.5, 0.6) is 0 Å². The maximum absolute atomic E-state index is 6.17. The molecule has 1 aliphatic heterocycles. The molecule has 0 amide bonds. The van der Waals surface area contributed by atoms with Crippen molar-refractivity contribution in [1.82, 2.24) is 4.90 Å². The van der Waals surface area contributed by atoms with Crippen LogP contribution in [0.15, 0.2) is 18.2 Å². The van der Waals surface area contributed by atoms with Gasteiger partial charge < -0.3 is 10.6 Å². The normalized spacial score (nSPS) is 20.4. The maximum atomic E-state index is 6.17. The molecule has 0 aromatic heterocycles. The van der Waals surface area contributed by atoms with E-state index in [0.717, 1.165) is 30.5 Å². The van der Waals surface area contributed by atoms with Gasteiger partial charge in [-0.3, -0.25) is 4.90 Å². The maximum Gasteiger partial charge on any atom is 0.0426 e. The van der Waals surface area contributed by atoms with Crippen molar-refractivity contribution >= 4 is 17.3 Å². The average molecular weight is 294 g/mol. The Kier molecular flexibility index (Phi) is 4.49. The summed E-state index contributed by atoms with van der Waals surface area (Å²) in [6, 6.07) is 6.20. The third-order valence-electron chi connectivity index (χ3n) is 4.39. The molecule has 1 saturated heterocycles. The Morgan fingerprint density at radius 2 is 1.90 bits per heavy atom. The first kappa shape index (κ1) is 14.2. The summed E-state index contributed by atoms with van der Waals surface area (Å²) in [5, 5.41) is 0.821. The molecule has 1 heterocycles. The van der Waals surface area contributed by atoms with E-state index in [2.05, 4.69) is 21.9 Å². The quantitative estimate of drug-likeness (QED) is 0.905. The molecule has 0 radical (unpaired) electrons. The third kappa shape index (κ3) is 3.46. The molecule has 0 spiro atoms. The van der Waals surface area contributed by atoms with Gasteiger partial charge in [-0.1, -0.05) is 17.7 Å². The molecular formula is C16H24ClN3. The predicted octanol–water partition coefficient (Wildman–Crippen LogP) is 2.37. The first-order valence-corrected chi connectivity index (χ1v) is 8.10. The molecule has 1 aromatic carbocycles. The summed E-state index contributed by atoms with van der Waals surface area (Å²) in [5.74, 6) is 0.987. The fourth-order valence-corrected chi connectivity index (χ4v) is 3.20. The van der Waals surface area contributed by atoms with E-state index in [1.54, 1.807) is 0 Å². The topological polar surface area (TPSA) is 32.5 Å². The first-order chi connectivity index (χ1) is 9.76. The third-order valence-corrected chi connectivity index (χ3v) is 4.62. The van der Waals surface area contributed by atoms with Crippen LogP contribution in [0.3, 0.4) is 0 Å². The summed E-state index contributed by atoms with van der Waals surface area (Å²) in [5.41, 5.74) is 8.33. The van der Waals surface area contributed by atoms with E-state index >= 15 is 0 Å². The first-order valence-electron chi connectivity index (χ1n) is 7.72. The van der Waals surface area contributed by atoms with Gasteiger partial charge >= 0.3 is 0 Å². The summed E-state index contributed by atoms with van der Waals surface area (Å²) in [4.78, 5) is 5.08. The number of halogens is 1. The minimum Gasteiger partial charge on any atom is -0.369 e. The lowest BCUT2D eigenvalue weighted by atomic mass is 10.1. The van der Waals surface area contributed by atoms with Crippen LogP contribution in [0.1, 0.15) is 18.4 Å². The Morgan fingerprint density at radius 1 is 1.15 bits per heavy atom. The second-order valence-electron chi connectivity index (χ2n) is 6.04. The van der Waals surface area contributed by atoms with Crippen molar-refractivity contribution in [2.24, 2.45) is 11.7 Å². The van der Waals surface area contributed by atoms with Crippen LogP contribution in [0.4, 0.5) is 5.69 Å². The molecule has 1 aliphatic carbocycles. The second kappa shape index (κ2) is 6.33. The van der Waals surface area contributed by atoms with Gasteiger partial charge in [-0.25, -0.2) is 0 Å². The van der Waals surface area contributed by atoms with Crippen molar-refractivity contribution in [3.05, 3.63) is 28.8 Å². The van der Waals surface area contributed by atoms with Gasteiger partial charge in [0.25, 0.3) is 0 Å². The van der Waals surface area contributed by atoms with Crippen molar-refractivity contribution in [3.63, 3.8) is 0 Å². The molecular weight excluding hydrogens is 270 g/mol. The number of rotatable bonds is 5. The molecule has 3 rings (SSSR count). The van der Waals surface area contributed by atoms with E-state index in [9.17, 15) is 0 Å². The molecule has 2 N–H and O–H groups in total.